The average Bonchev–Trinajstić information content (AvgIpc) is 2.43. The minimum absolute atomic E-state index is 0.121. The van der Waals surface area contributed by atoms with Crippen LogP contribution >= 0.6 is 11.8 Å². The third-order valence-corrected chi connectivity index (χ3v) is 5.18. The van der Waals surface area contributed by atoms with Crippen LogP contribution in [0.4, 0.5) is 0 Å². The Balaban J connectivity index is 2.04. The van der Waals surface area contributed by atoms with Crippen molar-refractivity contribution in [3.05, 3.63) is 29.8 Å². The summed E-state index contributed by atoms with van der Waals surface area (Å²) >= 11 is 1.20. The summed E-state index contributed by atoms with van der Waals surface area (Å²) in [7, 11) is 0. The fourth-order valence-corrected chi connectivity index (χ4v) is 3.27. The molecule has 0 aliphatic heterocycles. The van der Waals surface area contributed by atoms with Gasteiger partial charge in [0.15, 0.2) is 0 Å². The lowest BCUT2D eigenvalue weighted by molar-refractivity contribution is -0.136. The van der Waals surface area contributed by atoms with E-state index in [-0.39, 0.29) is 11.3 Å². The van der Waals surface area contributed by atoms with E-state index in [1.165, 1.54) is 18.2 Å². The first-order valence-corrected chi connectivity index (χ1v) is 8.06. The molecule has 1 aromatic rings. The van der Waals surface area contributed by atoms with Gasteiger partial charge in [-0.25, -0.2) is 0 Å². The second-order valence-electron chi connectivity index (χ2n) is 5.94. The van der Waals surface area contributed by atoms with Gasteiger partial charge in [0.05, 0.1) is 5.56 Å². The Bertz CT molecular complexity index is 540. The largest absolute Gasteiger partial charge is 0.480 e. The standard InChI is InChI=1S/C16H21NO3S/c1-11(15(19)20)21-13-7-4-3-6-12(13)14(18)17-10-16(2)8-5-9-16/h3-4,6-7,11H,5,8-10H2,1-2H3,(H,17,18)(H,19,20). The Morgan fingerprint density at radius 2 is 2.05 bits per heavy atom. The van der Waals surface area contributed by atoms with Crippen molar-refractivity contribution in [3.63, 3.8) is 0 Å². The van der Waals surface area contributed by atoms with Crippen molar-refractivity contribution in [2.75, 3.05) is 6.54 Å². The minimum atomic E-state index is -0.878. The second kappa shape index (κ2) is 6.52. The van der Waals surface area contributed by atoms with Crippen molar-refractivity contribution in [2.45, 2.75) is 43.3 Å². The molecule has 4 nitrogen and oxygen atoms in total. The van der Waals surface area contributed by atoms with Gasteiger partial charge in [-0.2, -0.15) is 0 Å². The van der Waals surface area contributed by atoms with Crippen LogP contribution in [0.5, 0.6) is 0 Å². The summed E-state index contributed by atoms with van der Waals surface area (Å²) in [4.78, 5) is 24.0. The Morgan fingerprint density at radius 3 is 2.62 bits per heavy atom. The monoisotopic (exact) mass is 307 g/mol. The SMILES string of the molecule is CC(Sc1ccccc1C(=O)NCC1(C)CCC1)C(=O)O. The van der Waals surface area contributed by atoms with E-state index in [0.717, 1.165) is 12.8 Å². The normalized spacial score (nSPS) is 17.6. The molecule has 1 aliphatic carbocycles. The number of rotatable bonds is 6. The number of carboxylic acid groups (broad SMARTS) is 1. The first-order valence-electron chi connectivity index (χ1n) is 7.18. The number of carbonyl (C=O) groups is 2. The highest BCUT2D eigenvalue weighted by Gasteiger charge is 2.32. The Labute approximate surface area is 129 Å². The topological polar surface area (TPSA) is 66.4 Å². The van der Waals surface area contributed by atoms with Crippen LogP contribution in [0.3, 0.4) is 0 Å². The van der Waals surface area contributed by atoms with Gasteiger partial charge in [-0.3, -0.25) is 9.59 Å². The molecule has 0 saturated heterocycles. The van der Waals surface area contributed by atoms with Gasteiger partial charge in [-0.15, -0.1) is 11.8 Å². The highest BCUT2D eigenvalue weighted by molar-refractivity contribution is 8.00. The first kappa shape index (κ1) is 15.9. The average molecular weight is 307 g/mol. The van der Waals surface area contributed by atoms with E-state index in [0.29, 0.717) is 17.0 Å². The van der Waals surface area contributed by atoms with E-state index >= 15 is 0 Å². The molecule has 1 atom stereocenters. The molecule has 2 N–H and O–H groups in total. The van der Waals surface area contributed by atoms with Crippen molar-refractivity contribution in [1.29, 1.82) is 0 Å². The van der Waals surface area contributed by atoms with Crippen LogP contribution in [0.15, 0.2) is 29.2 Å². The summed E-state index contributed by atoms with van der Waals surface area (Å²) in [5.41, 5.74) is 0.782. The van der Waals surface area contributed by atoms with Crippen LogP contribution in [0.25, 0.3) is 0 Å². The van der Waals surface area contributed by atoms with E-state index in [2.05, 4.69) is 12.2 Å². The van der Waals surface area contributed by atoms with Crippen LogP contribution in [0.2, 0.25) is 0 Å². The minimum Gasteiger partial charge on any atom is -0.480 e. The number of hydrogen-bond acceptors (Lipinski definition) is 3. The van der Waals surface area contributed by atoms with Gasteiger partial charge in [0.1, 0.15) is 5.25 Å². The van der Waals surface area contributed by atoms with E-state index in [9.17, 15) is 9.59 Å². The van der Waals surface area contributed by atoms with Gasteiger partial charge in [0.2, 0.25) is 0 Å². The Kier molecular flexibility index (Phi) is 4.93. The summed E-state index contributed by atoms with van der Waals surface area (Å²) in [6.45, 7) is 4.49. The van der Waals surface area contributed by atoms with Crippen LogP contribution < -0.4 is 5.32 Å². The zero-order chi connectivity index (χ0) is 15.5. The molecule has 1 unspecified atom stereocenters. The predicted octanol–water partition coefficient (Wildman–Crippen LogP) is 3.17. The van der Waals surface area contributed by atoms with Crippen molar-refractivity contribution >= 4 is 23.6 Å². The summed E-state index contributed by atoms with van der Waals surface area (Å²) < 4.78 is 0. The van der Waals surface area contributed by atoms with Gasteiger partial charge in [0.25, 0.3) is 5.91 Å². The van der Waals surface area contributed by atoms with E-state index < -0.39 is 11.2 Å². The van der Waals surface area contributed by atoms with Crippen molar-refractivity contribution in [1.82, 2.24) is 5.32 Å². The quantitative estimate of drug-likeness (QED) is 0.792. The smallest absolute Gasteiger partial charge is 0.316 e. The molecular formula is C16H21NO3S. The molecule has 1 saturated carbocycles. The molecule has 0 radical (unpaired) electrons. The highest BCUT2D eigenvalue weighted by atomic mass is 32.2. The van der Waals surface area contributed by atoms with Crippen molar-refractivity contribution in [3.8, 4) is 0 Å². The highest BCUT2D eigenvalue weighted by Crippen LogP contribution is 2.39. The van der Waals surface area contributed by atoms with Crippen LogP contribution in [-0.2, 0) is 4.79 Å². The molecule has 21 heavy (non-hydrogen) atoms. The molecule has 1 amide bonds. The third kappa shape index (κ3) is 4.00. The molecular weight excluding hydrogens is 286 g/mol. The van der Waals surface area contributed by atoms with Gasteiger partial charge in [-0.05, 0) is 37.3 Å². The zero-order valence-corrected chi connectivity index (χ0v) is 13.2. The van der Waals surface area contributed by atoms with E-state index in [4.69, 9.17) is 5.11 Å². The molecule has 0 bridgehead atoms. The maximum Gasteiger partial charge on any atom is 0.316 e. The molecule has 0 spiro atoms. The number of amides is 1. The molecule has 0 aromatic heterocycles. The lowest BCUT2D eigenvalue weighted by atomic mass is 9.70. The summed E-state index contributed by atoms with van der Waals surface area (Å²) in [5, 5.41) is 11.4. The van der Waals surface area contributed by atoms with Crippen LogP contribution in [-0.4, -0.2) is 28.8 Å². The first-order chi connectivity index (χ1) is 9.91. The number of nitrogens with one attached hydrogen (secondary N) is 1. The maximum atomic E-state index is 12.3. The van der Waals surface area contributed by atoms with E-state index in [1.807, 2.05) is 6.07 Å². The number of thioether (sulfide) groups is 1. The molecule has 0 heterocycles. The summed E-state index contributed by atoms with van der Waals surface area (Å²) in [6, 6.07) is 7.16. The number of carboxylic acids is 1. The van der Waals surface area contributed by atoms with Crippen molar-refractivity contribution < 1.29 is 14.7 Å². The number of benzene rings is 1. The molecule has 114 valence electrons. The van der Waals surface area contributed by atoms with E-state index in [1.54, 1.807) is 25.1 Å². The lowest BCUT2D eigenvalue weighted by Crippen LogP contribution is -2.40. The van der Waals surface area contributed by atoms with Gasteiger partial charge in [-0.1, -0.05) is 25.5 Å². The van der Waals surface area contributed by atoms with Crippen LogP contribution in [0.1, 0.15) is 43.5 Å². The predicted molar refractivity (Wildman–Crippen MR) is 83.7 cm³/mol. The van der Waals surface area contributed by atoms with Gasteiger partial charge in [0, 0.05) is 11.4 Å². The summed E-state index contributed by atoms with van der Waals surface area (Å²) in [6.07, 6.45) is 3.54. The Morgan fingerprint density at radius 1 is 1.38 bits per heavy atom. The molecule has 1 fully saturated rings. The van der Waals surface area contributed by atoms with Crippen molar-refractivity contribution in [2.24, 2.45) is 5.41 Å². The van der Waals surface area contributed by atoms with Crippen LogP contribution in [0, 0.1) is 5.41 Å². The molecule has 1 aliphatic rings. The zero-order valence-electron chi connectivity index (χ0n) is 12.4. The summed E-state index contributed by atoms with van der Waals surface area (Å²) in [5.74, 6) is -0.999. The Hall–Kier alpha value is -1.49. The number of hydrogen-bond donors (Lipinski definition) is 2. The third-order valence-electron chi connectivity index (χ3n) is 4.02. The molecule has 1 aromatic carbocycles. The lowest BCUT2D eigenvalue weighted by Gasteiger charge is -2.38. The fraction of sp³-hybridized carbons (Fsp3) is 0.500. The fourth-order valence-electron chi connectivity index (χ4n) is 2.34. The number of aliphatic carboxylic acids is 1. The van der Waals surface area contributed by atoms with Gasteiger partial charge >= 0.3 is 5.97 Å². The molecule has 2 rings (SSSR count). The molecule has 5 heteroatoms. The number of carbonyl (C=O) groups excluding carboxylic acids is 1. The van der Waals surface area contributed by atoms with Gasteiger partial charge < -0.3 is 10.4 Å². The maximum absolute atomic E-state index is 12.3. The second-order valence-corrected chi connectivity index (χ2v) is 7.32.